The molecular formula is C16H8BrClN4O2S2. The van der Waals surface area contributed by atoms with Gasteiger partial charge in [-0.3, -0.25) is 10.1 Å². The van der Waals surface area contributed by atoms with E-state index in [0.29, 0.717) is 21.7 Å². The van der Waals surface area contributed by atoms with Crippen molar-refractivity contribution in [3.8, 4) is 22.0 Å². The van der Waals surface area contributed by atoms with Crippen LogP contribution in [0.5, 0.6) is 0 Å². The first-order valence-electron chi connectivity index (χ1n) is 7.22. The molecule has 0 unspecified atom stereocenters. The first-order chi connectivity index (χ1) is 12.6. The van der Waals surface area contributed by atoms with Crippen LogP contribution in [0.4, 0.5) is 5.13 Å². The van der Waals surface area contributed by atoms with E-state index in [2.05, 4.69) is 35.8 Å². The van der Waals surface area contributed by atoms with Gasteiger partial charge in [-0.05, 0) is 52.3 Å². The number of anilines is 1. The Morgan fingerprint density at radius 1 is 1.19 bits per heavy atom. The molecule has 0 spiro atoms. The van der Waals surface area contributed by atoms with E-state index in [1.807, 2.05) is 12.1 Å². The molecule has 0 aliphatic carbocycles. The van der Waals surface area contributed by atoms with Crippen LogP contribution in [0.2, 0.25) is 5.02 Å². The molecule has 0 atom stereocenters. The molecule has 26 heavy (non-hydrogen) atoms. The van der Waals surface area contributed by atoms with Crippen molar-refractivity contribution in [2.75, 3.05) is 5.32 Å². The van der Waals surface area contributed by atoms with E-state index in [4.69, 9.17) is 16.1 Å². The average Bonchev–Trinajstić information content (AvgIpc) is 3.35. The Morgan fingerprint density at radius 3 is 2.73 bits per heavy atom. The molecule has 6 nitrogen and oxygen atoms in total. The number of amides is 1. The fourth-order valence-electron chi connectivity index (χ4n) is 2.10. The number of benzene rings is 1. The molecule has 4 aromatic rings. The predicted molar refractivity (Wildman–Crippen MR) is 106 cm³/mol. The molecule has 0 aliphatic heterocycles. The van der Waals surface area contributed by atoms with E-state index in [9.17, 15) is 4.79 Å². The molecule has 3 aromatic heterocycles. The normalized spacial score (nSPS) is 10.8. The van der Waals surface area contributed by atoms with E-state index in [1.54, 1.807) is 30.3 Å². The summed E-state index contributed by atoms with van der Waals surface area (Å²) in [5, 5.41) is 7.51. The second-order valence-electron chi connectivity index (χ2n) is 5.06. The quantitative estimate of drug-likeness (QED) is 0.423. The molecule has 0 aliphatic rings. The van der Waals surface area contributed by atoms with Gasteiger partial charge >= 0.3 is 0 Å². The fourth-order valence-corrected chi connectivity index (χ4v) is 4.18. The van der Waals surface area contributed by atoms with E-state index < -0.39 is 5.91 Å². The molecule has 4 rings (SSSR count). The van der Waals surface area contributed by atoms with E-state index >= 15 is 0 Å². The topological polar surface area (TPSA) is 80.9 Å². The van der Waals surface area contributed by atoms with Crippen molar-refractivity contribution in [2.24, 2.45) is 0 Å². The lowest BCUT2D eigenvalue weighted by Crippen LogP contribution is -2.11. The van der Waals surface area contributed by atoms with Crippen LogP contribution < -0.4 is 5.32 Å². The molecule has 0 fully saturated rings. The lowest BCUT2D eigenvalue weighted by Gasteiger charge is -1.95. The van der Waals surface area contributed by atoms with Crippen LogP contribution in [0.3, 0.4) is 0 Å². The highest BCUT2D eigenvalue weighted by Gasteiger charge is 2.16. The molecule has 0 radical (unpaired) electrons. The molecule has 0 saturated carbocycles. The number of halogens is 2. The zero-order chi connectivity index (χ0) is 18.1. The number of thiophene rings is 1. The van der Waals surface area contributed by atoms with Crippen LogP contribution in [-0.2, 0) is 0 Å². The Balaban J connectivity index is 1.49. The van der Waals surface area contributed by atoms with Crippen LogP contribution in [0.15, 0.2) is 50.8 Å². The monoisotopic (exact) mass is 466 g/mol. The Bertz CT molecular complexity index is 1070. The summed E-state index contributed by atoms with van der Waals surface area (Å²) in [6.07, 6.45) is 0. The van der Waals surface area contributed by atoms with Crippen LogP contribution in [0.25, 0.3) is 22.0 Å². The third-order valence-electron chi connectivity index (χ3n) is 3.31. The number of rotatable bonds is 4. The second kappa shape index (κ2) is 7.28. The zero-order valence-corrected chi connectivity index (χ0v) is 16.7. The Hall–Kier alpha value is -2.07. The van der Waals surface area contributed by atoms with Gasteiger partial charge < -0.3 is 4.52 Å². The van der Waals surface area contributed by atoms with E-state index in [1.165, 1.54) is 11.3 Å². The summed E-state index contributed by atoms with van der Waals surface area (Å²) >= 11 is 11.9. The minimum absolute atomic E-state index is 0.158. The SMILES string of the molecule is O=C(Nc1nc(-c2ccc(Br)s2)ns1)c1cc(-c2ccc(Cl)cc2)on1. The third-order valence-corrected chi connectivity index (χ3v) is 5.81. The number of carbonyl (C=O) groups excluding carboxylic acids is 1. The number of hydrogen-bond acceptors (Lipinski definition) is 7. The summed E-state index contributed by atoms with van der Waals surface area (Å²) in [4.78, 5) is 17.6. The first-order valence-corrected chi connectivity index (χ1v) is 9.98. The summed E-state index contributed by atoms with van der Waals surface area (Å²) < 4.78 is 10.5. The summed E-state index contributed by atoms with van der Waals surface area (Å²) in [6, 6.07) is 12.5. The summed E-state index contributed by atoms with van der Waals surface area (Å²) in [6.45, 7) is 0. The second-order valence-corrected chi connectivity index (χ2v) is 8.72. The lowest BCUT2D eigenvalue weighted by molar-refractivity contribution is 0.101. The van der Waals surface area contributed by atoms with Crippen molar-refractivity contribution < 1.29 is 9.32 Å². The van der Waals surface area contributed by atoms with Crippen molar-refractivity contribution in [1.29, 1.82) is 0 Å². The Kier molecular flexibility index (Phi) is 4.86. The van der Waals surface area contributed by atoms with Gasteiger partial charge in [0.1, 0.15) is 0 Å². The molecule has 3 heterocycles. The summed E-state index contributed by atoms with van der Waals surface area (Å²) in [5.74, 6) is 0.639. The van der Waals surface area contributed by atoms with Crippen molar-refractivity contribution in [3.63, 3.8) is 0 Å². The molecular weight excluding hydrogens is 460 g/mol. The number of carbonyl (C=O) groups is 1. The van der Waals surface area contributed by atoms with Gasteiger partial charge in [0.2, 0.25) is 5.13 Å². The standard InChI is InChI=1S/C16H8BrClN4O2S2/c17-13-6-5-12(25-13)14-19-16(26-22-14)20-15(23)10-7-11(24-21-10)8-1-3-9(18)4-2-8/h1-7H,(H,19,20,22,23). The van der Waals surface area contributed by atoms with Crippen molar-refractivity contribution in [2.45, 2.75) is 0 Å². The van der Waals surface area contributed by atoms with Crippen LogP contribution in [-0.4, -0.2) is 20.4 Å². The molecule has 1 aromatic carbocycles. The zero-order valence-electron chi connectivity index (χ0n) is 12.8. The van der Waals surface area contributed by atoms with Crippen LogP contribution in [0, 0.1) is 0 Å². The minimum atomic E-state index is -0.413. The van der Waals surface area contributed by atoms with Gasteiger partial charge in [-0.15, -0.1) is 11.3 Å². The largest absolute Gasteiger partial charge is 0.355 e. The average molecular weight is 468 g/mol. The van der Waals surface area contributed by atoms with Gasteiger partial charge in [-0.2, -0.15) is 9.36 Å². The van der Waals surface area contributed by atoms with Gasteiger partial charge in [0.15, 0.2) is 17.3 Å². The highest BCUT2D eigenvalue weighted by molar-refractivity contribution is 9.11. The maximum Gasteiger partial charge on any atom is 0.279 e. The maximum atomic E-state index is 12.3. The fraction of sp³-hybridized carbons (Fsp3) is 0. The Morgan fingerprint density at radius 2 is 2.00 bits per heavy atom. The van der Waals surface area contributed by atoms with E-state index in [0.717, 1.165) is 25.8 Å². The van der Waals surface area contributed by atoms with Crippen LogP contribution in [0.1, 0.15) is 10.5 Å². The molecule has 1 amide bonds. The van der Waals surface area contributed by atoms with Crippen molar-refractivity contribution in [1.82, 2.24) is 14.5 Å². The molecule has 0 bridgehead atoms. The highest BCUT2D eigenvalue weighted by atomic mass is 79.9. The molecule has 130 valence electrons. The number of aromatic nitrogens is 3. The maximum absolute atomic E-state index is 12.3. The van der Waals surface area contributed by atoms with Crippen molar-refractivity contribution >= 4 is 61.4 Å². The van der Waals surface area contributed by atoms with Crippen LogP contribution >= 0.6 is 50.4 Å². The summed E-state index contributed by atoms with van der Waals surface area (Å²) in [5.41, 5.74) is 0.938. The van der Waals surface area contributed by atoms with Gasteiger partial charge in [0.25, 0.3) is 5.91 Å². The molecule has 10 heteroatoms. The predicted octanol–water partition coefficient (Wildman–Crippen LogP) is 5.59. The lowest BCUT2D eigenvalue weighted by atomic mass is 10.1. The van der Waals surface area contributed by atoms with Gasteiger partial charge in [0, 0.05) is 28.2 Å². The number of hydrogen-bond donors (Lipinski definition) is 1. The van der Waals surface area contributed by atoms with E-state index in [-0.39, 0.29) is 5.69 Å². The van der Waals surface area contributed by atoms with Gasteiger partial charge in [-0.1, -0.05) is 16.8 Å². The smallest absolute Gasteiger partial charge is 0.279 e. The Labute approximate surface area is 169 Å². The number of nitrogens with zero attached hydrogens (tertiary/aromatic N) is 3. The third kappa shape index (κ3) is 3.70. The van der Waals surface area contributed by atoms with Gasteiger partial charge in [0.05, 0.1) is 8.66 Å². The molecule has 0 saturated heterocycles. The minimum Gasteiger partial charge on any atom is -0.355 e. The first kappa shape index (κ1) is 17.3. The molecule has 1 N–H and O–H groups in total. The van der Waals surface area contributed by atoms with Gasteiger partial charge in [-0.25, -0.2) is 0 Å². The number of nitrogens with one attached hydrogen (secondary N) is 1. The highest BCUT2D eigenvalue weighted by Crippen LogP contribution is 2.31. The summed E-state index contributed by atoms with van der Waals surface area (Å²) in [7, 11) is 0. The van der Waals surface area contributed by atoms with Crippen molar-refractivity contribution in [3.05, 3.63) is 57.0 Å².